The van der Waals surface area contributed by atoms with Gasteiger partial charge in [0, 0.05) is 11.6 Å². The number of hydrogen-bond acceptors (Lipinski definition) is 1. The summed E-state index contributed by atoms with van der Waals surface area (Å²) >= 11 is 0. The third kappa shape index (κ3) is 2.99. The molecule has 15 heavy (non-hydrogen) atoms. The molecule has 84 valence electrons. The lowest BCUT2D eigenvalue weighted by Crippen LogP contribution is -2.40. The monoisotopic (exact) mass is 213 g/mol. The van der Waals surface area contributed by atoms with Gasteiger partial charge in [-0.25, -0.2) is 8.78 Å². The van der Waals surface area contributed by atoms with Crippen LogP contribution in [-0.4, -0.2) is 5.54 Å². The van der Waals surface area contributed by atoms with Crippen molar-refractivity contribution in [3.05, 3.63) is 35.4 Å². The second-order valence-electron chi connectivity index (χ2n) is 3.98. The number of nitrogens with two attached hydrogens (primary N) is 1. The third-order valence-corrected chi connectivity index (χ3v) is 2.97. The van der Waals surface area contributed by atoms with E-state index in [4.69, 9.17) is 5.73 Å². The van der Waals surface area contributed by atoms with Crippen molar-refractivity contribution in [2.24, 2.45) is 5.73 Å². The van der Waals surface area contributed by atoms with E-state index < -0.39 is 17.2 Å². The minimum atomic E-state index is -0.549. The molecule has 0 atom stereocenters. The molecule has 0 aromatic heterocycles. The molecule has 0 saturated heterocycles. The Kier molecular flexibility index (Phi) is 3.80. The molecule has 1 aromatic rings. The molecule has 0 aliphatic rings. The molecular formula is C12H17F2N. The van der Waals surface area contributed by atoms with Crippen molar-refractivity contribution in [1.29, 1.82) is 0 Å². The molecule has 0 bridgehead atoms. The van der Waals surface area contributed by atoms with E-state index >= 15 is 0 Å². The maximum Gasteiger partial charge on any atom is 0.129 e. The van der Waals surface area contributed by atoms with Crippen LogP contribution in [0.1, 0.15) is 32.3 Å². The summed E-state index contributed by atoms with van der Waals surface area (Å²) in [6.07, 6.45) is 2.01. The molecule has 1 aromatic carbocycles. The van der Waals surface area contributed by atoms with Crippen LogP contribution in [0.5, 0.6) is 0 Å². The molecule has 0 fully saturated rings. The summed E-state index contributed by atoms with van der Waals surface area (Å²) in [5.74, 6) is -1.06. The van der Waals surface area contributed by atoms with Crippen molar-refractivity contribution in [1.82, 2.24) is 0 Å². The van der Waals surface area contributed by atoms with E-state index in [0.717, 1.165) is 18.9 Å². The lowest BCUT2D eigenvalue weighted by atomic mass is 9.87. The van der Waals surface area contributed by atoms with Crippen LogP contribution in [0, 0.1) is 11.6 Å². The van der Waals surface area contributed by atoms with Crippen LogP contribution < -0.4 is 5.73 Å². The van der Waals surface area contributed by atoms with Gasteiger partial charge in [0.25, 0.3) is 0 Å². The Hall–Kier alpha value is -0.960. The topological polar surface area (TPSA) is 26.0 Å². The zero-order valence-electron chi connectivity index (χ0n) is 9.19. The van der Waals surface area contributed by atoms with Gasteiger partial charge in [-0.15, -0.1) is 0 Å². The van der Waals surface area contributed by atoms with E-state index in [1.165, 1.54) is 12.1 Å². The van der Waals surface area contributed by atoms with E-state index in [9.17, 15) is 8.78 Å². The summed E-state index contributed by atoms with van der Waals surface area (Å²) in [6, 6.07) is 3.64. The maximum absolute atomic E-state index is 13.4. The van der Waals surface area contributed by atoms with Crippen LogP contribution in [0.25, 0.3) is 0 Å². The highest BCUT2D eigenvalue weighted by Gasteiger charge is 2.22. The normalized spacial score (nSPS) is 11.8. The second-order valence-corrected chi connectivity index (χ2v) is 3.98. The molecule has 0 spiro atoms. The Labute approximate surface area is 89.3 Å². The predicted octanol–water partition coefficient (Wildman–Crippen LogP) is 3.02. The molecule has 0 unspecified atom stereocenters. The average Bonchev–Trinajstić information content (AvgIpc) is 2.22. The molecule has 3 heteroatoms. The Morgan fingerprint density at radius 1 is 1.20 bits per heavy atom. The van der Waals surface area contributed by atoms with Crippen molar-refractivity contribution >= 4 is 0 Å². The van der Waals surface area contributed by atoms with Crippen molar-refractivity contribution in [3.63, 3.8) is 0 Å². The second kappa shape index (κ2) is 4.71. The molecule has 0 amide bonds. The summed E-state index contributed by atoms with van der Waals surface area (Å²) < 4.78 is 26.0. The average molecular weight is 213 g/mol. The lowest BCUT2D eigenvalue weighted by molar-refractivity contribution is 0.386. The smallest absolute Gasteiger partial charge is 0.129 e. The van der Waals surface area contributed by atoms with E-state index in [1.54, 1.807) is 0 Å². The van der Waals surface area contributed by atoms with Crippen LogP contribution in [0.3, 0.4) is 0 Å². The first kappa shape index (κ1) is 12.1. The minimum absolute atomic E-state index is 0.390. The highest BCUT2D eigenvalue weighted by molar-refractivity contribution is 5.21. The van der Waals surface area contributed by atoms with Gasteiger partial charge >= 0.3 is 0 Å². The van der Waals surface area contributed by atoms with Gasteiger partial charge in [0.05, 0.1) is 0 Å². The van der Waals surface area contributed by atoms with E-state index in [2.05, 4.69) is 0 Å². The van der Waals surface area contributed by atoms with E-state index in [-0.39, 0.29) is 0 Å². The molecule has 0 heterocycles. The van der Waals surface area contributed by atoms with Crippen molar-refractivity contribution in [2.75, 3.05) is 0 Å². The first-order valence-electron chi connectivity index (χ1n) is 5.23. The summed E-state index contributed by atoms with van der Waals surface area (Å²) in [6.45, 7) is 3.95. The zero-order chi connectivity index (χ0) is 11.5. The van der Waals surface area contributed by atoms with Crippen LogP contribution in [-0.2, 0) is 6.42 Å². The van der Waals surface area contributed by atoms with E-state index in [1.807, 2.05) is 13.8 Å². The molecule has 2 N–H and O–H groups in total. The zero-order valence-corrected chi connectivity index (χ0v) is 9.19. The molecule has 0 aliphatic heterocycles. The number of benzene rings is 1. The fourth-order valence-electron chi connectivity index (χ4n) is 1.54. The van der Waals surface area contributed by atoms with Gasteiger partial charge in [0.1, 0.15) is 11.6 Å². The van der Waals surface area contributed by atoms with Crippen LogP contribution in [0.2, 0.25) is 0 Å². The van der Waals surface area contributed by atoms with Crippen LogP contribution >= 0.6 is 0 Å². The highest BCUT2D eigenvalue weighted by atomic mass is 19.1. The van der Waals surface area contributed by atoms with Gasteiger partial charge in [0.2, 0.25) is 0 Å². The first-order chi connectivity index (χ1) is 7.00. The minimum Gasteiger partial charge on any atom is -0.325 e. The largest absolute Gasteiger partial charge is 0.325 e. The molecule has 0 saturated carbocycles. The summed E-state index contributed by atoms with van der Waals surface area (Å²) in [5, 5.41) is 0. The van der Waals surface area contributed by atoms with Gasteiger partial charge in [-0.05, 0) is 30.9 Å². The number of rotatable bonds is 4. The molecule has 0 radical (unpaired) electrons. The summed E-state index contributed by atoms with van der Waals surface area (Å²) in [4.78, 5) is 0. The van der Waals surface area contributed by atoms with Crippen molar-refractivity contribution in [3.8, 4) is 0 Å². The van der Waals surface area contributed by atoms with Gasteiger partial charge in [0.15, 0.2) is 0 Å². The van der Waals surface area contributed by atoms with E-state index in [0.29, 0.717) is 12.0 Å². The van der Waals surface area contributed by atoms with Gasteiger partial charge in [-0.1, -0.05) is 19.9 Å². The Balaban J connectivity index is 2.89. The Morgan fingerprint density at radius 2 is 1.80 bits per heavy atom. The standard InChI is InChI=1S/C12H17F2N/c1-3-12(15,4-2)8-9-5-6-10(13)7-11(9)14/h5-7H,3-4,8,15H2,1-2H3. The number of hydrogen-bond donors (Lipinski definition) is 1. The van der Waals surface area contributed by atoms with Crippen LogP contribution in [0.4, 0.5) is 8.78 Å². The van der Waals surface area contributed by atoms with Gasteiger partial charge < -0.3 is 5.73 Å². The predicted molar refractivity (Wildman–Crippen MR) is 57.6 cm³/mol. The Morgan fingerprint density at radius 3 is 2.27 bits per heavy atom. The first-order valence-corrected chi connectivity index (χ1v) is 5.23. The summed E-state index contributed by atoms with van der Waals surface area (Å²) in [5.41, 5.74) is 6.17. The van der Waals surface area contributed by atoms with Crippen LogP contribution in [0.15, 0.2) is 18.2 Å². The molecule has 1 rings (SSSR count). The van der Waals surface area contributed by atoms with Gasteiger partial charge in [-0.3, -0.25) is 0 Å². The van der Waals surface area contributed by atoms with Crippen molar-refractivity contribution < 1.29 is 8.78 Å². The SMILES string of the molecule is CCC(N)(CC)Cc1ccc(F)cc1F. The maximum atomic E-state index is 13.4. The third-order valence-electron chi connectivity index (χ3n) is 2.97. The number of halogens is 2. The van der Waals surface area contributed by atoms with Crippen molar-refractivity contribution in [2.45, 2.75) is 38.6 Å². The highest BCUT2D eigenvalue weighted by Crippen LogP contribution is 2.20. The molecular weight excluding hydrogens is 196 g/mol. The Bertz CT molecular complexity index is 332. The summed E-state index contributed by atoms with van der Waals surface area (Å²) in [7, 11) is 0. The fraction of sp³-hybridized carbons (Fsp3) is 0.500. The molecule has 0 aliphatic carbocycles. The molecule has 1 nitrogen and oxygen atoms in total. The van der Waals surface area contributed by atoms with Gasteiger partial charge in [-0.2, -0.15) is 0 Å². The fourth-order valence-corrected chi connectivity index (χ4v) is 1.54. The lowest BCUT2D eigenvalue weighted by Gasteiger charge is -2.26. The quantitative estimate of drug-likeness (QED) is 0.817.